The van der Waals surface area contributed by atoms with Crippen molar-refractivity contribution >= 4 is 21.6 Å². The van der Waals surface area contributed by atoms with E-state index >= 15 is 0 Å². The van der Waals surface area contributed by atoms with Crippen molar-refractivity contribution in [1.82, 2.24) is 0 Å². The molecule has 0 saturated heterocycles. The van der Waals surface area contributed by atoms with Crippen LogP contribution in [0.5, 0.6) is 0 Å². The Hall–Kier alpha value is -1.23. The van der Waals surface area contributed by atoms with Crippen LogP contribution in [-0.4, -0.2) is 8.42 Å². The van der Waals surface area contributed by atoms with Crippen LogP contribution in [0.15, 0.2) is 18.2 Å². The fourth-order valence-corrected chi connectivity index (χ4v) is 2.50. The number of nitrogens with one attached hydrogen (secondary N) is 2. The van der Waals surface area contributed by atoms with Gasteiger partial charge in [-0.1, -0.05) is 19.4 Å². The smallest absolute Gasteiger partial charge is 0.265 e. The molecule has 1 aromatic rings. The molecule has 0 aliphatic carbocycles. The highest BCUT2D eigenvalue weighted by Gasteiger charge is 2.21. The molecular weight excluding hydrogens is 200 g/mol. The summed E-state index contributed by atoms with van der Waals surface area (Å²) in [4.78, 5) is 0. The second kappa shape index (κ2) is 3.16. The molecular formula is C9H12N2O2S. The molecule has 2 rings (SSSR count). The van der Waals surface area contributed by atoms with Gasteiger partial charge in [0.25, 0.3) is 0 Å². The Kier molecular flexibility index (Phi) is 2.11. The molecule has 1 heterocycles. The molecule has 0 unspecified atom stereocenters. The third-order valence-corrected chi connectivity index (χ3v) is 3.09. The van der Waals surface area contributed by atoms with Gasteiger partial charge in [0, 0.05) is 0 Å². The highest BCUT2D eigenvalue weighted by molar-refractivity contribution is 7.94. The second-order valence-electron chi connectivity index (χ2n) is 3.34. The van der Waals surface area contributed by atoms with Crippen LogP contribution in [0.1, 0.15) is 18.9 Å². The van der Waals surface area contributed by atoms with Gasteiger partial charge < -0.3 is 0 Å². The van der Waals surface area contributed by atoms with E-state index in [9.17, 15) is 8.42 Å². The number of anilines is 2. The summed E-state index contributed by atoms with van der Waals surface area (Å²) in [5, 5.41) is 0. The third-order valence-electron chi connectivity index (χ3n) is 2.11. The van der Waals surface area contributed by atoms with Crippen LogP contribution in [0, 0.1) is 0 Å². The standard InChI is InChI=1S/C9H12N2O2S/c1-2-3-7-4-5-8-9(6-7)11-14(12,13)10-8/h4-6,10-11H,2-3H2,1H3. The molecule has 0 atom stereocenters. The maximum absolute atomic E-state index is 11.1. The highest BCUT2D eigenvalue weighted by Crippen LogP contribution is 2.30. The Labute approximate surface area is 83.5 Å². The lowest BCUT2D eigenvalue weighted by molar-refractivity contribution is 0.607. The number of aryl methyl sites for hydroxylation is 1. The summed E-state index contributed by atoms with van der Waals surface area (Å²) in [5.74, 6) is 0. The quantitative estimate of drug-likeness (QED) is 0.784. The lowest BCUT2D eigenvalue weighted by atomic mass is 10.1. The Morgan fingerprint density at radius 3 is 2.64 bits per heavy atom. The normalized spacial score (nSPS) is 16.9. The van der Waals surface area contributed by atoms with Crippen molar-refractivity contribution in [2.45, 2.75) is 19.8 Å². The number of fused-ring (bicyclic) bond motifs is 1. The summed E-state index contributed by atoms with van der Waals surface area (Å²) >= 11 is 0. The summed E-state index contributed by atoms with van der Waals surface area (Å²) in [7, 11) is -3.34. The summed E-state index contributed by atoms with van der Waals surface area (Å²) < 4.78 is 27.1. The monoisotopic (exact) mass is 212 g/mol. The highest BCUT2D eigenvalue weighted by atomic mass is 32.2. The minimum Gasteiger partial charge on any atom is -0.265 e. The fraction of sp³-hybridized carbons (Fsp3) is 0.333. The molecule has 0 radical (unpaired) electrons. The first-order valence-electron chi connectivity index (χ1n) is 4.54. The van der Waals surface area contributed by atoms with Crippen molar-refractivity contribution < 1.29 is 8.42 Å². The maximum Gasteiger partial charge on any atom is 0.321 e. The van der Waals surface area contributed by atoms with E-state index in [0.29, 0.717) is 11.4 Å². The Balaban J connectivity index is 2.35. The van der Waals surface area contributed by atoms with Crippen molar-refractivity contribution in [2.75, 3.05) is 9.44 Å². The van der Waals surface area contributed by atoms with Gasteiger partial charge in [-0.15, -0.1) is 0 Å². The molecule has 0 bridgehead atoms. The van der Waals surface area contributed by atoms with Gasteiger partial charge in [-0.2, -0.15) is 8.42 Å². The zero-order chi connectivity index (χ0) is 10.2. The molecule has 4 nitrogen and oxygen atoms in total. The SMILES string of the molecule is CCCc1ccc2c(c1)NS(=O)(=O)N2. The lowest BCUT2D eigenvalue weighted by Gasteiger charge is -2.00. The first-order valence-corrected chi connectivity index (χ1v) is 6.02. The Morgan fingerprint density at radius 1 is 1.21 bits per heavy atom. The molecule has 0 amide bonds. The van der Waals surface area contributed by atoms with E-state index in [-0.39, 0.29) is 0 Å². The minimum absolute atomic E-state index is 0.629. The number of rotatable bonds is 2. The van der Waals surface area contributed by atoms with Gasteiger partial charge in [-0.25, -0.2) is 0 Å². The molecule has 5 heteroatoms. The molecule has 1 aromatic carbocycles. The molecule has 2 N–H and O–H groups in total. The van der Waals surface area contributed by atoms with Crippen LogP contribution in [-0.2, 0) is 16.6 Å². The van der Waals surface area contributed by atoms with Gasteiger partial charge in [0.2, 0.25) is 0 Å². The molecule has 76 valence electrons. The van der Waals surface area contributed by atoms with Crippen LogP contribution in [0.25, 0.3) is 0 Å². The number of hydrogen-bond acceptors (Lipinski definition) is 2. The van der Waals surface area contributed by atoms with Gasteiger partial charge in [0.15, 0.2) is 0 Å². The first kappa shape index (κ1) is 9.33. The first-order chi connectivity index (χ1) is 6.61. The van der Waals surface area contributed by atoms with Gasteiger partial charge in [-0.05, 0) is 24.1 Å². The van der Waals surface area contributed by atoms with E-state index in [4.69, 9.17) is 0 Å². The molecule has 0 aromatic heterocycles. The molecule has 14 heavy (non-hydrogen) atoms. The van der Waals surface area contributed by atoms with Crippen LogP contribution in [0.2, 0.25) is 0 Å². The Bertz CT molecular complexity index is 454. The zero-order valence-electron chi connectivity index (χ0n) is 7.87. The van der Waals surface area contributed by atoms with Crippen molar-refractivity contribution in [2.24, 2.45) is 0 Å². The zero-order valence-corrected chi connectivity index (χ0v) is 8.69. The average Bonchev–Trinajstić information content (AvgIpc) is 2.38. The van der Waals surface area contributed by atoms with Crippen molar-refractivity contribution in [3.05, 3.63) is 23.8 Å². The van der Waals surface area contributed by atoms with Crippen LogP contribution >= 0.6 is 0 Å². The predicted molar refractivity (Wildman–Crippen MR) is 56.6 cm³/mol. The largest absolute Gasteiger partial charge is 0.321 e. The van der Waals surface area contributed by atoms with Crippen LogP contribution in [0.3, 0.4) is 0 Å². The fourth-order valence-electron chi connectivity index (χ4n) is 1.52. The lowest BCUT2D eigenvalue weighted by Crippen LogP contribution is -2.12. The molecule has 1 aliphatic heterocycles. The Morgan fingerprint density at radius 2 is 1.93 bits per heavy atom. The van der Waals surface area contributed by atoms with Crippen LogP contribution < -0.4 is 9.44 Å². The van der Waals surface area contributed by atoms with Crippen molar-refractivity contribution in [3.63, 3.8) is 0 Å². The summed E-state index contributed by atoms with van der Waals surface area (Å²) in [6.07, 6.45) is 2.02. The topological polar surface area (TPSA) is 58.2 Å². The van der Waals surface area contributed by atoms with E-state index in [1.54, 1.807) is 6.07 Å². The van der Waals surface area contributed by atoms with E-state index in [2.05, 4.69) is 16.4 Å². The van der Waals surface area contributed by atoms with E-state index < -0.39 is 10.2 Å². The molecule has 0 fully saturated rings. The summed E-state index contributed by atoms with van der Waals surface area (Å²) in [5.41, 5.74) is 2.43. The van der Waals surface area contributed by atoms with E-state index in [0.717, 1.165) is 18.4 Å². The van der Waals surface area contributed by atoms with Crippen molar-refractivity contribution in [3.8, 4) is 0 Å². The van der Waals surface area contributed by atoms with E-state index in [1.807, 2.05) is 12.1 Å². The van der Waals surface area contributed by atoms with Gasteiger partial charge in [-0.3, -0.25) is 9.44 Å². The van der Waals surface area contributed by atoms with Gasteiger partial charge in [0.1, 0.15) is 0 Å². The maximum atomic E-state index is 11.1. The second-order valence-corrected chi connectivity index (χ2v) is 4.75. The van der Waals surface area contributed by atoms with Gasteiger partial charge >= 0.3 is 10.2 Å². The van der Waals surface area contributed by atoms with Crippen molar-refractivity contribution in [1.29, 1.82) is 0 Å². The molecule has 0 spiro atoms. The van der Waals surface area contributed by atoms with E-state index in [1.165, 1.54) is 0 Å². The molecule has 1 aliphatic rings. The summed E-state index contributed by atoms with van der Waals surface area (Å²) in [6, 6.07) is 5.60. The molecule has 0 saturated carbocycles. The minimum atomic E-state index is -3.34. The summed E-state index contributed by atoms with van der Waals surface area (Å²) in [6.45, 7) is 2.09. The number of benzene rings is 1. The predicted octanol–water partition coefficient (Wildman–Crippen LogP) is 1.72. The number of hydrogen-bond donors (Lipinski definition) is 2. The third kappa shape index (κ3) is 1.68. The van der Waals surface area contributed by atoms with Crippen LogP contribution in [0.4, 0.5) is 11.4 Å². The van der Waals surface area contributed by atoms with Gasteiger partial charge in [0.05, 0.1) is 11.4 Å². The average molecular weight is 212 g/mol.